The highest BCUT2D eigenvalue weighted by molar-refractivity contribution is 5.59. The van der Waals surface area contributed by atoms with E-state index >= 15 is 0 Å². The van der Waals surface area contributed by atoms with E-state index in [0.717, 1.165) is 30.3 Å². The Balaban J connectivity index is 2.33. The number of aryl methyl sites for hydroxylation is 1. The van der Waals surface area contributed by atoms with Crippen molar-refractivity contribution in [2.75, 3.05) is 11.9 Å². The Bertz CT molecular complexity index is 659. The SMILES string of the molecule is CCCc1ccccc1Nc1ncc(C(F)(F)F)c(OCC)n1. The number of nitrogens with one attached hydrogen (secondary N) is 1. The maximum atomic E-state index is 12.9. The summed E-state index contributed by atoms with van der Waals surface area (Å²) in [5, 5.41) is 2.97. The minimum Gasteiger partial charge on any atom is -0.477 e. The van der Waals surface area contributed by atoms with Crippen molar-refractivity contribution < 1.29 is 17.9 Å². The molecular weight excluding hydrogens is 307 g/mol. The van der Waals surface area contributed by atoms with Gasteiger partial charge in [0.05, 0.1) is 6.61 Å². The van der Waals surface area contributed by atoms with E-state index in [9.17, 15) is 13.2 Å². The molecule has 1 aromatic heterocycles. The number of ether oxygens (including phenoxy) is 1. The summed E-state index contributed by atoms with van der Waals surface area (Å²) in [7, 11) is 0. The lowest BCUT2D eigenvalue weighted by Gasteiger charge is -2.14. The quantitative estimate of drug-likeness (QED) is 0.844. The lowest BCUT2D eigenvalue weighted by molar-refractivity contribution is -0.139. The summed E-state index contributed by atoms with van der Waals surface area (Å²) in [5.41, 5.74) is 0.847. The number of rotatable bonds is 6. The van der Waals surface area contributed by atoms with Crippen LogP contribution in [0.15, 0.2) is 30.5 Å². The van der Waals surface area contributed by atoms with Crippen LogP contribution in [0.25, 0.3) is 0 Å². The molecule has 23 heavy (non-hydrogen) atoms. The third-order valence-corrected chi connectivity index (χ3v) is 3.12. The summed E-state index contributed by atoms with van der Waals surface area (Å²) in [6, 6.07) is 7.55. The molecule has 1 heterocycles. The number of halogens is 3. The highest BCUT2D eigenvalue weighted by atomic mass is 19.4. The molecule has 0 aliphatic carbocycles. The number of hydrogen-bond acceptors (Lipinski definition) is 4. The van der Waals surface area contributed by atoms with Crippen LogP contribution in [-0.4, -0.2) is 16.6 Å². The first-order chi connectivity index (χ1) is 11.0. The first-order valence-electron chi connectivity index (χ1n) is 7.37. The maximum absolute atomic E-state index is 12.9. The molecule has 0 spiro atoms. The van der Waals surface area contributed by atoms with Crippen LogP contribution in [0.2, 0.25) is 0 Å². The van der Waals surface area contributed by atoms with Crippen LogP contribution < -0.4 is 10.1 Å². The molecule has 0 unspecified atom stereocenters. The zero-order chi connectivity index (χ0) is 16.9. The van der Waals surface area contributed by atoms with Crippen LogP contribution in [0, 0.1) is 0 Å². The predicted octanol–water partition coefficient (Wildman–Crippen LogP) is 4.59. The van der Waals surface area contributed by atoms with Gasteiger partial charge in [-0.1, -0.05) is 31.5 Å². The fraction of sp³-hybridized carbons (Fsp3) is 0.375. The zero-order valence-corrected chi connectivity index (χ0v) is 12.9. The van der Waals surface area contributed by atoms with Gasteiger partial charge in [-0.3, -0.25) is 0 Å². The van der Waals surface area contributed by atoms with Gasteiger partial charge in [0, 0.05) is 11.9 Å². The normalized spacial score (nSPS) is 11.3. The van der Waals surface area contributed by atoms with E-state index in [0.29, 0.717) is 0 Å². The van der Waals surface area contributed by atoms with Crippen molar-refractivity contribution in [3.63, 3.8) is 0 Å². The van der Waals surface area contributed by atoms with Crippen LogP contribution >= 0.6 is 0 Å². The molecule has 0 aliphatic heterocycles. The molecule has 2 aromatic rings. The van der Waals surface area contributed by atoms with Crippen LogP contribution in [0.3, 0.4) is 0 Å². The van der Waals surface area contributed by atoms with E-state index < -0.39 is 17.6 Å². The second-order valence-corrected chi connectivity index (χ2v) is 4.88. The van der Waals surface area contributed by atoms with Gasteiger partial charge in [-0.05, 0) is 25.0 Å². The van der Waals surface area contributed by atoms with Crippen molar-refractivity contribution in [3.05, 3.63) is 41.6 Å². The molecule has 0 saturated carbocycles. The summed E-state index contributed by atoms with van der Waals surface area (Å²) in [5.74, 6) is -0.393. The molecule has 7 heteroatoms. The van der Waals surface area contributed by atoms with Crippen molar-refractivity contribution >= 4 is 11.6 Å². The summed E-state index contributed by atoms with van der Waals surface area (Å²) in [6.07, 6.45) is -2.01. The second kappa shape index (κ2) is 7.30. The third-order valence-electron chi connectivity index (χ3n) is 3.12. The van der Waals surface area contributed by atoms with Crippen LogP contribution in [0.1, 0.15) is 31.4 Å². The van der Waals surface area contributed by atoms with Crippen LogP contribution in [-0.2, 0) is 12.6 Å². The Morgan fingerprint density at radius 1 is 1.17 bits per heavy atom. The Labute approximate surface area is 132 Å². The minimum absolute atomic E-state index is 0.0741. The van der Waals surface area contributed by atoms with E-state index in [1.807, 2.05) is 24.3 Å². The van der Waals surface area contributed by atoms with Gasteiger partial charge in [-0.25, -0.2) is 4.98 Å². The molecule has 0 amide bonds. The van der Waals surface area contributed by atoms with Gasteiger partial charge in [0.25, 0.3) is 0 Å². The maximum Gasteiger partial charge on any atom is 0.423 e. The Hall–Kier alpha value is -2.31. The summed E-state index contributed by atoms with van der Waals surface area (Å²) < 4.78 is 43.8. The largest absolute Gasteiger partial charge is 0.477 e. The average molecular weight is 325 g/mol. The molecule has 0 saturated heterocycles. The van der Waals surface area contributed by atoms with E-state index in [2.05, 4.69) is 22.2 Å². The van der Waals surface area contributed by atoms with Gasteiger partial charge in [0.2, 0.25) is 11.8 Å². The molecule has 2 rings (SSSR count). The van der Waals surface area contributed by atoms with E-state index in [1.165, 1.54) is 0 Å². The monoisotopic (exact) mass is 325 g/mol. The van der Waals surface area contributed by atoms with Crippen molar-refractivity contribution in [1.82, 2.24) is 9.97 Å². The first-order valence-corrected chi connectivity index (χ1v) is 7.37. The number of alkyl halides is 3. The number of aromatic nitrogens is 2. The standard InChI is InChI=1S/C16H18F3N3O/c1-3-7-11-8-5-6-9-13(11)21-15-20-10-12(16(17,18)19)14(22-15)23-4-2/h5-6,8-10H,3-4,7H2,1-2H3,(H,20,21,22). The molecule has 124 valence electrons. The summed E-state index contributed by atoms with van der Waals surface area (Å²) in [4.78, 5) is 7.62. The smallest absolute Gasteiger partial charge is 0.423 e. The zero-order valence-electron chi connectivity index (χ0n) is 12.9. The van der Waals surface area contributed by atoms with Gasteiger partial charge >= 0.3 is 6.18 Å². The summed E-state index contributed by atoms with van der Waals surface area (Å²) in [6.45, 7) is 3.75. The lowest BCUT2D eigenvalue weighted by Crippen LogP contribution is -2.12. The highest BCUT2D eigenvalue weighted by Gasteiger charge is 2.36. The molecule has 0 atom stereocenters. The van der Waals surface area contributed by atoms with E-state index in [4.69, 9.17) is 4.74 Å². The summed E-state index contributed by atoms with van der Waals surface area (Å²) >= 11 is 0. The number of hydrogen-bond donors (Lipinski definition) is 1. The van der Waals surface area contributed by atoms with Crippen molar-refractivity contribution in [3.8, 4) is 5.88 Å². The van der Waals surface area contributed by atoms with Gasteiger partial charge in [-0.15, -0.1) is 0 Å². The average Bonchev–Trinajstić information content (AvgIpc) is 2.49. The lowest BCUT2D eigenvalue weighted by atomic mass is 10.1. The number of benzene rings is 1. The number of anilines is 2. The van der Waals surface area contributed by atoms with Crippen molar-refractivity contribution in [2.24, 2.45) is 0 Å². The third kappa shape index (κ3) is 4.34. The molecular formula is C16H18F3N3O. The second-order valence-electron chi connectivity index (χ2n) is 4.88. The topological polar surface area (TPSA) is 47.0 Å². The fourth-order valence-corrected chi connectivity index (χ4v) is 2.12. The number of para-hydroxylation sites is 1. The molecule has 0 fully saturated rings. The van der Waals surface area contributed by atoms with Crippen LogP contribution in [0.5, 0.6) is 5.88 Å². The Morgan fingerprint density at radius 3 is 2.57 bits per heavy atom. The molecule has 0 bridgehead atoms. The molecule has 4 nitrogen and oxygen atoms in total. The molecule has 1 N–H and O–H groups in total. The minimum atomic E-state index is -4.55. The molecule has 0 aliphatic rings. The van der Waals surface area contributed by atoms with Crippen molar-refractivity contribution in [2.45, 2.75) is 32.9 Å². The van der Waals surface area contributed by atoms with Gasteiger partial charge in [0.1, 0.15) is 5.56 Å². The van der Waals surface area contributed by atoms with Gasteiger partial charge < -0.3 is 10.1 Å². The molecule has 1 aromatic carbocycles. The van der Waals surface area contributed by atoms with Gasteiger partial charge in [0.15, 0.2) is 0 Å². The first kappa shape index (κ1) is 17.1. The molecule has 0 radical (unpaired) electrons. The van der Waals surface area contributed by atoms with Gasteiger partial charge in [-0.2, -0.15) is 18.2 Å². The van der Waals surface area contributed by atoms with E-state index in [1.54, 1.807) is 6.92 Å². The Kier molecular flexibility index (Phi) is 5.41. The fourth-order valence-electron chi connectivity index (χ4n) is 2.12. The highest BCUT2D eigenvalue weighted by Crippen LogP contribution is 2.35. The Morgan fingerprint density at radius 2 is 1.91 bits per heavy atom. The van der Waals surface area contributed by atoms with E-state index in [-0.39, 0.29) is 12.6 Å². The van der Waals surface area contributed by atoms with Crippen molar-refractivity contribution in [1.29, 1.82) is 0 Å². The predicted molar refractivity (Wildman–Crippen MR) is 81.9 cm³/mol. The van der Waals surface area contributed by atoms with Crippen LogP contribution in [0.4, 0.5) is 24.8 Å². The number of nitrogens with zero attached hydrogens (tertiary/aromatic N) is 2.